The molecule has 0 fully saturated rings. The summed E-state index contributed by atoms with van der Waals surface area (Å²) >= 11 is 1.77. The van der Waals surface area contributed by atoms with Gasteiger partial charge in [0.25, 0.3) is 0 Å². The van der Waals surface area contributed by atoms with Crippen molar-refractivity contribution in [1.29, 1.82) is 0 Å². The fraction of sp³-hybridized carbons (Fsp3) is 0.0219. The standard InChI is InChI=1S/C49H33N3.C46H27N3S.C42H25N3O/c1-49(2)42-17-9-7-16-40(42)47-45(49)46(35-21-19-30-11-3-4-12-32(30)25-35)50-48(51-47)36-22-20-31-23-24-38(27-37(31)26-36)52-43-18-10-8-15-39(43)41-28-33-13-5-6-14-34(33)29-44(41)52;1-2-12-29-25-32(22-21-28(29)11-1)43-45-44(37-18-8-10-20-42(37)50-45)48-46(47-43)36-23-24-40(34-16-6-5-15-33(34)36)49-39-19-9-7-17-35(39)38-26-30-13-3-4-14-31(30)27-41(38)49;1-2-10-28-23-31(18-17-26(28)9-1)39-41-40(34-14-6-8-16-38(34)46-41)44-42(43-39)27-19-21-32(22-20-27)45-36-15-7-5-13-33(36)35-24-29-11-3-4-12-30(29)25-37(35)45/h3-29H,1-2H3;1-27H;1-25H. The monoisotopic (exact) mass is 1900 g/mol. The number of thiophene rings is 1. The first-order valence-corrected chi connectivity index (χ1v) is 51.2. The average Bonchev–Trinajstić information content (AvgIpc) is 1.55. The molecule has 0 N–H and O–H groups in total. The molecule has 10 nitrogen and oxygen atoms in total. The summed E-state index contributed by atoms with van der Waals surface area (Å²) in [6, 6.07) is 172. The molecule has 148 heavy (non-hydrogen) atoms. The van der Waals surface area contributed by atoms with Crippen molar-refractivity contribution < 1.29 is 4.42 Å². The second kappa shape index (κ2) is 33.5. The minimum Gasteiger partial charge on any atom is -0.452 e. The lowest BCUT2D eigenvalue weighted by molar-refractivity contribution is 0.658. The highest BCUT2D eigenvalue weighted by Gasteiger charge is 2.40. The summed E-state index contributed by atoms with van der Waals surface area (Å²) in [7, 11) is 0. The summed E-state index contributed by atoms with van der Waals surface area (Å²) in [5.41, 5.74) is 27.3. The zero-order valence-corrected chi connectivity index (χ0v) is 81.3. The number of furan rings is 1. The lowest BCUT2D eigenvalue weighted by Crippen LogP contribution is -2.17. The number of benzene rings is 23. The second-order valence-electron chi connectivity index (χ2n) is 39.5. The molecule has 0 amide bonds. The van der Waals surface area contributed by atoms with Gasteiger partial charge in [0.15, 0.2) is 23.1 Å². The van der Waals surface area contributed by atoms with E-state index in [9.17, 15) is 0 Å². The lowest BCUT2D eigenvalue weighted by atomic mass is 9.80. The Balaban J connectivity index is 0.000000103. The quantitative estimate of drug-likeness (QED) is 0.142. The van der Waals surface area contributed by atoms with Crippen LogP contribution in [-0.2, 0) is 5.41 Å². The third-order valence-electron chi connectivity index (χ3n) is 30.6. The molecule has 31 aromatic rings. The topological polar surface area (TPSA) is 105 Å². The Morgan fingerprint density at radius 2 is 0.608 bits per heavy atom. The highest BCUT2D eigenvalue weighted by molar-refractivity contribution is 7.26. The summed E-state index contributed by atoms with van der Waals surface area (Å²) in [6.07, 6.45) is 0. The van der Waals surface area contributed by atoms with Crippen molar-refractivity contribution in [2.24, 2.45) is 0 Å². The maximum Gasteiger partial charge on any atom is 0.180 e. The van der Waals surface area contributed by atoms with Gasteiger partial charge in [0.05, 0.1) is 66.1 Å². The van der Waals surface area contributed by atoms with Crippen molar-refractivity contribution in [3.8, 4) is 96.3 Å². The Hall–Kier alpha value is -19.2. The van der Waals surface area contributed by atoms with Gasteiger partial charge in [-0.05, 0) is 232 Å². The third kappa shape index (κ3) is 13.6. The molecule has 0 bridgehead atoms. The minimum atomic E-state index is -0.239. The predicted octanol–water partition coefficient (Wildman–Crippen LogP) is 36.5. The molecule has 0 spiro atoms. The molecule has 23 aromatic carbocycles. The molecule has 0 saturated carbocycles. The molecule has 0 aliphatic heterocycles. The van der Waals surface area contributed by atoms with Crippen LogP contribution < -0.4 is 0 Å². The van der Waals surface area contributed by atoms with E-state index in [0.29, 0.717) is 11.4 Å². The van der Waals surface area contributed by atoms with Crippen LogP contribution in [0.3, 0.4) is 0 Å². The number of hydrogen-bond donors (Lipinski definition) is 0. The van der Waals surface area contributed by atoms with E-state index in [1.807, 2.05) is 18.2 Å². The molecule has 0 unspecified atom stereocenters. The highest BCUT2D eigenvalue weighted by Crippen LogP contribution is 2.53. The fourth-order valence-electron chi connectivity index (χ4n) is 23.5. The number of hydrogen-bond acceptors (Lipinski definition) is 8. The van der Waals surface area contributed by atoms with E-state index in [1.165, 1.54) is 151 Å². The van der Waals surface area contributed by atoms with Crippen molar-refractivity contribution in [2.75, 3.05) is 0 Å². The minimum absolute atomic E-state index is 0.239. The van der Waals surface area contributed by atoms with Gasteiger partial charge in [-0.15, -0.1) is 11.3 Å². The summed E-state index contributed by atoms with van der Waals surface area (Å²) in [5.74, 6) is 2.15. The summed E-state index contributed by atoms with van der Waals surface area (Å²) in [4.78, 5) is 31.8. The van der Waals surface area contributed by atoms with E-state index in [2.05, 4.69) is 489 Å². The molecule has 0 atom stereocenters. The van der Waals surface area contributed by atoms with E-state index in [4.69, 9.17) is 34.3 Å². The van der Waals surface area contributed by atoms with Gasteiger partial charge in [0.1, 0.15) is 16.8 Å². The van der Waals surface area contributed by atoms with Gasteiger partial charge in [0.2, 0.25) is 0 Å². The fourth-order valence-corrected chi connectivity index (χ4v) is 24.7. The van der Waals surface area contributed by atoms with Crippen molar-refractivity contribution in [2.45, 2.75) is 19.3 Å². The van der Waals surface area contributed by atoms with Gasteiger partial charge in [0, 0.05) is 114 Å². The van der Waals surface area contributed by atoms with Crippen LogP contribution in [0.1, 0.15) is 25.0 Å². The third-order valence-corrected chi connectivity index (χ3v) is 31.8. The molecule has 0 radical (unpaired) electrons. The van der Waals surface area contributed by atoms with E-state index in [0.717, 1.165) is 139 Å². The number of para-hydroxylation sites is 4. The average molecular weight is 1910 g/mol. The highest BCUT2D eigenvalue weighted by atomic mass is 32.1. The van der Waals surface area contributed by atoms with E-state index in [1.54, 1.807) is 11.3 Å². The maximum atomic E-state index is 6.39. The first-order chi connectivity index (χ1) is 73.1. The molecule has 8 aromatic heterocycles. The van der Waals surface area contributed by atoms with Gasteiger partial charge in [-0.25, -0.2) is 29.9 Å². The van der Waals surface area contributed by atoms with Crippen LogP contribution in [0, 0.1) is 0 Å². The predicted molar refractivity (Wildman–Crippen MR) is 620 cm³/mol. The Bertz CT molecular complexity index is 11100. The van der Waals surface area contributed by atoms with Crippen molar-refractivity contribution in [3.63, 3.8) is 0 Å². The first-order valence-electron chi connectivity index (χ1n) is 50.4. The van der Waals surface area contributed by atoms with Gasteiger partial charge in [-0.3, -0.25) is 0 Å². The first kappa shape index (κ1) is 84.5. The Morgan fingerprint density at radius 3 is 1.19 bits per heavy atom. The molecule has 32 rings (SSSR count). The lowest BCUT2D eigenvalue weighted by Gasteiger charge is -2.24. The van der Waals surface area contributed by atoms with Crippen LogP contribution in [0.4, 0.5) is 0 Å². The zero-order chi connectivity index (χ0) is 97.5. The molecule has 1 aliphatic carbocycles. The van der Waals surface area contributed by atoms with Gasteiger partial charge >= 0.3 is 0 Å². The van der Waals surface area contributed by atoms with Gasteiger partial charge in [-0.1, -0.05) is 347 Å². The Kier molecular flexibility index (Phi) is 19.1. The Labute approximate surface area is 852 Å². The summed E-state index contributed by atoms with van der Waals surface area (Å²) < 4.78 is 15.9. The molecular weight excluding hydrogens is 1820 g/mol. The van der Waals surface area contributed by atoms with Gasteiger partial charge < -0.3 is 18.1 Å². The smallest absolute Gasteiger partial charge is 0.180 e. The Morgan fingerprint density at radius 1 is 0.223 bits per heavy atom. The van der Waals surface area contributed by atoms with Crippen LogP contribution in [0.25, 0.3) is 290 Å². The van der Waals surface area contributed by atoms with Crippen LogP contribution in [-0.4, -0.2) is 43.6 Å². The molecule has 1 aliphatic rings. The zero-order valence-electron chi connectivity index (χ0n) is 80.5. The van der Waals surface area contributed by atoms with E-state index in [-0.39, 0.29) is 5.41 Å². The molecule has 690 valence electrons. The SMILES string of the molecule is CC1(C)c2ccccc2-c2nc(-c3ccc4ccc(-n5c6ccccc6c6cc7ccccc7cc65)cc4c3)nc(-c3ccc4ccccc4c3)c21.c1ccc2cc(-c3nc(-c4ccc(-n5c6ccccc6c6cc7ccccc7cc65)c5ccccc45)nc4c3sc3ccccc34)ccc2c1.c1ccc2cc(-c3nc(-c4ccc(-n5c6ccccc6c6cc7ccccc7cc65)cc4)nc4c3oc3ccccc34)ccc2c1. The van der Waals surface area contributed by atoms with Crippen molar-refractivity contribution in [3.05, 3.63) is 490 Å². The van der Waals surface area contributed by atoms with E-state index >= 15 is 0 Å². The number of aromatic nitrogens is 9. The van der Waals surface area contributed by atoms with Crippen LogP contribution >= 0.6 is 11.3 Å². The second-order valence-corrected chi connectivity index (χ2v) is 40.5. The summed E-state index contributed by atoms with van der Waals surface area (Å²) in [5, 5.41) is 28.9. The number of fused-ring (bicyclic) bond motifs is 26. The van der Waals surface area contributed by atoms with Crippen molar-refractivity contribution in [1.82, 2.24) is 43.6 Å². The largest absolute Gasteiger partial charge is 0.452 e. The van der Waals surface area contributed by atoms with Crippen LogP contribution in [0.2, 0.25) is 0 Å². The van der Waals surface area contributed by atoms with Crippen LogP contribution in [0.15, 0.2) is 484 Å². The maximum absolute atomic E-state index is 6.39. The van der Waals surface area contributed by atoms with Gasteiger partial charge in [-0.2, -0.15) is 0 Å². The van der Waals surface area contributed by atoms with E-state index < -0.39 is 0 Å². The van der Waals surface area contributed by atoms with Crippen LogP contribution in [0.5, 0.6) is 0 Å². The summed E-state index contributed by atoms with van der Waals surface area (Å²) in [6.45, 7) is 4.61. The number of rotatable bonds is 9. The molecule has 8 heterocycles. The molecular formula is C137H85N9OS. The van der Waals surface area contributed by atoms with Crippen molar-refractivity contribution >= 4 is 205 Å². The normalized spacial score (nSPS) is 12.4. The molecule has 11 heteroatoms. The molecule has 0 saturated heterocycles. The number of nitrogens with zero attached hydrogens (tertiary/aromatic N) is 9.